The van der Waals surface area contributed by atoms with Crippen LogP contribution < -0.4 is 5.84 Å². The van der Waals surface area contributed by atoms with Crippen LogP contribution in [0.3, 0.4) is 0 Å². The first-order chi connectivity index (χ1) is 14.2. The number of hydrogen-bond donors (Lipinski definition) is 1. The third kappa shape index (κ3) is 3.05. The number of fused-ring (bicyclic) bond motifs is 2. The van der Waals surface area contributed by atoms with Gasteiger partial charge in [-0.25, -0.2) is 4.98 Å². The zero-order chi connectivity index (χ0) is 20.0. The summed E-state index contributed by atoms with van der Waals surface area (Å²) in [6.07, 6.45) is 8.61. The average molecular weight is 421 g/mol. The van der Waals surface area contributed by atoms with Crippen molar-refractivity contribution in [1.82, 2.24) is 9.55 Å². The van der Waals surface area contributed by atoms with E-state index in [1.807, 2.05) is 31.2 Å². The van der Waals surface area contributed by atoms with E-state index >= 15 is 0 Å². The second-order valence-corrected chi connectivity index (χ2v) is 8.83. The number of thiophene rings is 1. The zero-order valence-corrected chi connectivity index (χ0v) is 17.7. The summed E-state index contributed by atoms with van der Waals surface area (Å²) >= 11 is 7.86. The van der Waals surface area contributed by atoms with Crippen LogP contribution in [0.15, 0.2) is 53.9 Å². The minimum atomic E-state index is 0.746. The SMILES string of the molecule is C/C(=N\N)c1sc2nc3c(c(-c4ccc(Cl)cc4)c2c1-n1cccc1)CCCC3. The number of halogens is 1. The molecule has 0 fully saturated rings. The van der Waals surface area contributed by atoms with Gasteiger partial charge >= 0.3 is 0 Å². The normalized spacial score (nSPS) is 14.3. The molecule has 4 aromatic rings. The van der Waals surface area contributed by atoms with E-state index in [1.54, 1.807) is 11.3 Å². The maximum atomic E-state index is 6.19. The van der Waals surface area contributed by atoms with Crippen molar-refractivity contribution in [3.63, 3.8) is 0 Å². The van der Waals surface area contributed by atoms with E-state index in [0.717, 1.165) is 39.0 Å². The van der Waals surface area contributed by atoms with Gasteiger partial charge in [0.15, 0.2) is 0 Å². The largest absolute Gasteiger partial charge is 0.323 e. The fourth-order valence-corrected chi connectivity index (χ4v) is 5.52. The van der Waals surface area contributed by atoms with Crippen LogP contribution >= 0.6 is 22.9 Å². The molecule has 3 aromatic heterocycles. The van der Waals surface area contributed by atoms with Gasteiger partial charge in [0.25, 0.3) is 0 Å². The van der Waals surface area contributed by atoms with Crippen molar-refractivity contribution in [2.45, 2.75) is 32.6 Å². The van der Waals surface area contributed by atoms with E-state index in [0.29, 0.717) is 0 Å². The molecule has 0 amide bonds. The number of hydrazone groups is 1. The van der Waals surface area contributed by atoms with Gasteiger partial charge in [-0.05, 0) is 73.6 Å². The molecule has 0 saturated heterocycles. The van der Waals surface area contributed by atoms with E-state index in [1.165, 1.54) is 40.6 Å². The van der Waals surface area contributed by atoms with Crippen LogP contribution in [0.5, 0.6) is 0 Å². The Kier molecular flexibility index (Phi) is 4.64. The number of rotatable bonds is 3. The molecule has 0 atom stereocenters. The third-order valence-corrected chi connectivity index (χ3v) is 7.04. The molecule has 0 unspecified atom stereocenters. The molecule has 1 aliphatic carbocycles. The lowest BCUT2D eigenvalue weighted by atomic mass is 9.87. The summed E-state index contributed by atoms with van der Waals surface area (Å²) in [4.78, 5) is 7.21. The van der Waals surface area contributed by atoms with E-state index in [2.05, 4.69) is 34.2 Å². The fraction of sp³-hybridized carbons (Fsp3) is 0.217. The van der Waals surface area contributed by atoms with Crippen LogP contribution in [-0.2, 0) is 12.8 Å². The molecule has 0 spiro atoms. The molecule has 4 nitrogen and oxygen atoms in total. The van der Waals surface area contributed by atoms with Crippen molar-refractivity contribution in [3.05, 3.63) is 69.9 Å². The Hall–Kier alpha value is -2.63. The monoisotopic (exact) mass is 420 g/mol. The minimum absolute atomic E-state index is 0.746. The second-order valence-electron chi connectivity index (χ2n) is 7.39. The number of benzene rings is 1. The predicted octanol–water partition coefficient (Wildman–Crippen LogP) is 5.97. The molecule has 2 N–H and O–H groups in total. The van der Waals surface area contributed by atoms with Crippen LogP contribution in [0.4, 0.5) is 0 Å². The standard InChI is InChI=1S/C23H21ClN4S/c1-14(27-25)22-21(28-12-4-5-13-28)20-19(15-8-10-16(24)11-9-15)17-6-2-3-7-18(17)26-23(20)29-22/h4-5,8-13H,2-3,6-7,25H2,1H3/b27-14+. The molecule has 146 valence electrons. The number of nitrogens with two attached hydrogens (primary N) is 1. The van der Waals surface area contributed by atoms with Gasteiger partial charge in [0.2, 0.25) is 0 Å². The fourth-order valence-electron chi connectivity index (χ4n) is 4.24. The third-order valence-electron chi connectivity index (χ3n) is 5.61. The van der Waals surface area contributed by atoms with Gasteiger partial charge in [0, 0.05) is 28.5 Å². The Bertz CT molecular complexity index is 1220. The first-order valence-electron chi connectivity index (χ1n) is 9.79. The number of nitrogens with zero attached hydrogens (tertiary/aromatic N) is 3. The molecule has 1 aliphatic rings. The molecule has 29 heavy (non-hydrogen) atoms. The van der Waals surface area contributed by atoms with Gasteiger partial charge in [0.1, 0.15) is 4.83 Å². The molecule has 0 bridgehead atoms. The Morgan fingerprint density at radius 2 is 1.86 bits per heavy atom. The van der Waals surface area contributed by atoms with Gasteiger partial charge in [-0.3, -0.25) is 0 Å². The number of aryl methyl sites for hydroxylation is 1. The summed E-state index contributed by atoms with van der Waals surface area (Å²) in [6.45, 7) is 1.96. The lowest BCUT2D eigenvalue weighted by molar-refractivity contribution is 0.673. The summed E-state index contributed by atoms with van der Waals surface area (Å²) in [5.41, 5.74) is 6.97. The molecule has 0 radical (unpaired) electrons. The Morgan fingerprint density at radius 1 is 1.14 bits per heavy atom. The maximum Gasteiger partial charge on any atom is 0.127 e. The highest BCUT2D eigenvalue weighted by Gasteiger charge is 2.26. The molecule has 3 heterocycles. The van der Waals surface area contributed by atoms with Crippen molar-refractivity contribution >= 4 is 38.9 Å². The van der Waals surface area contributed by atoms with E-state index < -0.39 is 0 Å². The lowest BCUT2D eigenvalue weighted by Gasteiger charge is -2.21. The van der Waals surface area contributed by atoms with Crippen molar-refractivity contribution < 1.29 is 0 Å². The average Bonchev–Trinajstić information content (AvgIpc) is 3.39. The highest BCUT2D eigenvalue weighted by atomic mass is 35.5. The topological polar surface area (TPSA) is 56.2 Å². The smallest absolute Gasteiger partial charge is 0.127 e. The van der Waals surface area contributed by atoms with Crippen LogP contribution in [0.1, 0.15) is 35.9 Å². The maximum absolute atomic E-state index is 6.19. The van der Waals surface area contributed by atoms with Crippen LogP contribution in [0, 0.1) is 0 Å². The van der Waals surface area contributed by atoms with Crippen LogP contribution in [0.2, 0.25) is 5.02 Å². The minimum Gasteiger partial charge on any atom is -0.323 e. The van der Waals surface area contributed by atoms with Crippen molar-refractivity contribution in [1.29, 1.82) is 0 Å². The van der Waals surface area contributed by atoms with E-state index in [9.17, 15) is 0 Å². The van der Waals surface area contributed by atoms with Gasteiger partial charge in [-0.2, -0.15) is 5.10 Å². The molecule has 5 rings (SSSR count). The Balaban J connectivity index is 1.94. The Morgan fingerprint density at radius 3 is 2.59 bits per heavy atom. The first-order valence-corrected chi connectivity index (χ1v) is 11.0. The molecule has 0 saturated carbocycles. The zero-order valence-electron chi connectivity index (χ0n) is 16.2. The summed E-state index contributed by atoms with van der Waals surface area (Å²) in [6, 6.07) is 12.2. The molecular formula is C23H21ClN4S. The summed E-state index contributed by atoms with van der Waals surface area (Å²) in [5, 5.41) is 5.92. The van der Waals surface area contributed by atoms with Gasteiger partial charge in [-0.15, -0.1) is 11.3 Å². The van der Waals surface area contributed by atoms with Crippen molar-refractivity contribution in [3.8, 4) is 16.8 Å². The molecule has 1 aromatic carbocycles. The predicted molar refractivity (Wildman–Crippen MR) is 122 cm³/mol. The van der Waals surface area contributed by atoms with E-state index in [-0.39, 0.29) is 0 Å². The summed E-state index contributed by atoms with van der Waals surface area (Å²) in [5.74, 6) is 5.69. The summed E-state index contributed by atoms with van der Waals surface area (Å²) in [7, 11) is 0. The highest BCUT2D eigenvalue weighted by Crippen LogP contribution is 2.44. The van der Waals surface area contributed by atoms with E-state index in [4.69, 9.17) is 22.4 Å². The number of hydrogen-bond acceptors (Lipinski definition) is 4. The number of aromatic nitrogens is 2. The molecule has 0 aliphatic heterocycles. The quantitative estimate of drug-likeness (QED) is 0.252. The number of pyridine rings is 1. The van der Waals surface area contributed by atoms with Gasteiger partial charge in [0.05, 0.1) is 16.3 Å². The van der Waals surface area contributed by atoms with Gasteiger partial charge < -0.3 is 10.4 Å². The van der Waals surface area contributed by atoms with Crippen LogP contribution in [0.25, 0.3) is 27.0 Å². The Labute approximate surface area is 178 Å². The lowest BCUT2D eigenvalue weighted by Crippen LogP contribution is -2.08. The molecule has 6 heteroatoms. The van der Waals surface area contributed by atoms with Crippen molar-refractivity contribution in [2.75, 3.05) is 0 Å². The second kappa shape index (κ2) is 7.32. The highest BCUT2D eigenvalue weighted by molar-refractivity contribution is 7.21. The summed E-state index contributed by atoms with van der Waals surface area (Å²) < 4.78 is 2.15. The van der Waals surface area contributed by atoms with Gasteiger partial charge in [-0.1, -0.05) is 23.7 Å². The first kappa shape index (κ1) is 18.4. The van der Waals surface area contributed by atoms with Crippen LogP contribution in [-0.4, -0.2) is 15.3 Å². The van der Waals surface area contributed by atoms with Crippen molar-refractivity contribution in [2.24, 2.45) is 10.9 Å². The molecular weight excluding hydrogens is 400 g/mol.